The zero-order chi connectivity index (χ0) is 5.98. The number of hydrogen-bond donors (Lipinski definition) is 1. The van der Waals surface area contributed by atoms with Crippen molar-refractivity contribution in [2.75, 3.05) is 0 Å². The third-order valence-corrected chi connectivity index (χ3v) is 1.35. The normalized spacial score (nSPS) is 27.6. The molecule has 0 aromatic rings. The monoisotopic (exact) mass is 110 g/mol. The molecule has 0 bridgehead atoms. The molecular weight excluding hydrogens is 100 g/mol. The summed E-state index contributed by atoms with van der Waals surface area (Å²) in [5.41, 5.74) is 0. The third-order valence-electron chi connectivity index (χ3n) is 1.35. The Labute approximate surface area is 49.3 Å². The van der Waals surface area contributed by atoms with Gasteiger partial charge in [-0.1, -0.05) is 19.1 Å². The van der Waals surface area contributed by atoms with Crippen molar-refractivity contribution in [2.45, 2.75) is 13.3 Å². The Morgan fingerprint density at radius 2 is 2.50 bits per heavy atom. The Hall–Kier alpha value is -0.720. The molecule has 8 heavy (non-hydrogen) atoms. The SMILES string of the molecule is CC1C=CCC=C1O. The van der Waals surface area contributed by atoms with Gasteiger partial charge in [-0.15, -0.1) is 0 Å². The van der Waals surface area contributed by atoms with Crippen LogP contribution < -0.4 is 0 Å². The van der Waals surface area contributed by atoms with Crippen LogP contribution in [0.2, 0.25) is 0 Å². The number of aliphatic hydroxyl groups is 1. The van der Waals surface area contributed by atoms with Crippen LogP contribution in [0, 0.1) is 5.92 Å². The summed E-state index contributed by atoms with van der Waals surface area (Å²) in [6, 6.07) is 0. The fourth-order valence-corrected chi connectivity index (χ4v) is 0.756. The molecule has 44 valence electrons. The maximum Gasteiger partial charge on any atom is 0.0951 e. The predicted octanol–water partition coefficient (Wildman–Crippen LogP) is 2.02. The number of allylic oxidation sites excluding steroid dienone is 3. The van der Waals surface area contributed by atoms with Crippen molar-refractivity contribution < 1.29 is 5.11 Å². The molecule has 1 nitrogen and oxygen atoms in total. The molecule has 1 aliphatic rings. The van der Waals surface area contributed by atoms with Gasteiger partial charge in [0.15, 0.2) is 0 Å². The minimum Gasteiger partial charge on any atom is -0.512 e. The number of rotatable bonds is 0. The minimum atomic E-state index is 0.240. The summed E-state index contributed by atoms with van der Waals surface area (Å²) in [5, 5.41) is 8.99. The predicted molar refractivity (Wildman–Crippen MR) is 33.6 cm³/mol. The van der Waals surface area contributed by atoms with Crippen molar-refractivity contribution in [3.63, 3.8) is 0 Å². The van der Waals surface area contributed by atoms with Crippen LogP contribution >= 0.6 is 0 Å². The summed E-state index contributed by atoms with van der Waals surface area (Å²) in [5.74, 6) is 0.747. The van der Waals surface area contributed by atoms with Crippen LogP contribution in [0.4, 0.5) is 0 Å². The van der Waals surface area contributed by atoms with Gasteiger partial charge in [-0.25, -0.2) is 0 Å². The van der Waals surface area contributed by atoms with Crippen molar-refractivity contribution in [2.24, 2.45) is 5.92 Å². The highest BCUT2D eigenvalue weighted by Crippen LogP contribution is 2.14. The molecule has 1 unspecified atom stereocenters. The first-order valence-electron chi connectivity index (χ1n) is 2.86. The smallest absolute Gasteiger partial charge is 0.0951 e. The zero-order valence-corrected chi connectivity index (χ0v) is 4.96. The summed E-state index contributed by atoms with van der Waals surface area (Å²) in [4.78, 5) is 0. The number of hydrogen-bond acceptors (Lipinski definition) is 1. The molecule has 0 heterocycles. The van der Waals surface area contributed by atoms with Gasteiger partial charge in [0.1, 0.15) is 0 Å². The molecule has 0 amide bonds. The van der Waals surface area contributed by atoms with Gasteiger partial charge in [0.2, 0.25) is 0 Å². The molecule has 0 fully saturated rings. The molecule has 0 aromatic carbocycles. The van der Waals surface area contributed by atoms with E-state index in [1.54, 1.807) is 0 Å². The van der Waals surface area contributed by atoms with Gasteiger partial charge < -0.3 is 5.11 Å². The lowest BCUT2D eigenvalue weighted by Gasteiger charge is -2.07. The topological polar surface area (TPSA) is 20.2 Å². The van der Waals surface area contributed by atoms with Crippen LogP contribution in [0.15, 0.2) is 24.0 Å². The van der Waals surface area contributed by atoms with Gasteiger partial charge in [0, 0.05) is 5.92 Å². The van der Waals surface area contributed by atoms with E-state index in [-0.39, 0.29) is 5.92 Å². The third kappa shape index (κ3) is 0.915. The lowest BCUT2D eigenvalue weighted by molar-refractivity contribution is 0.360. The molecule has 0 aliphatic heterocycles. The van der Waals surface area contributed by atoms with Crippen molar-refractivity contribution in [1.29, 1.82) is 0 Å². The fraction of sp³-hybridized carbons (Fsp3) is 0.429. The largest absolute Gasteiger partial charge is 0.512 e. The Kier molecular flexibility index (Phi) is 1.38. The first kappa shape index (κ1) is 5.42. The van der Waals surface area contributed by atoms with Gasteiger partial charge >= 0.3 is 0 Å². The van der Waals surface area contributed by atoms with E-state index in [0.717, 1.165) is 6.42 Å². The molecule has 0 radical (unpaired) electrons. The van der Waals surface area contributed by atoms with E-state index in [2.05, 4.69) is 6.08 Å². The molecular formula is C7H10O. The van der Waals surface area contributed by atoms with Gasteiger partial charge in [-0.3, -0.25) is 0 Å². The van der Waals surface area contributed by atoms with E-state index in [1.165, 1.54) is 0 Å². The summed E-state index contributed by atoms with van der Waals surface area (Å²) < 4.78 is 0. The summed E-state index contributed by atoms with van der Waals surface area (Å²) in [7, 11) is 0. The Morgan fingerprint density at radius 1 is 1.75 bits per heavy atom. The Bertz CT molecular complexity index is 133. The van der Waals surface area contributed by atoms with Crippen molar-refractivity contribution in [3.8, 4) is 0 Å². The molecule has 1 rings (SSSR count). The average molecular weight is 110 g/mol. The second kappa shape index (κ2) is 2.03. The lowest BCUT2D eigenvalue weighted by Crippen LogP contribution is -1.96. The maximum atomic E-state index is 8.99. The molecule has 0 spiro atoms. The van der Waals surface area contributed by atoms with Crippen molar-refractivity contribution >= 4 is 0 Å². The molecule has 1 atom stereocenters. The maximum absolute atomic E-state index is 8.99. The molecule has 0 saturated heterocycles. The second-order valence-corrected chi connectivity index (χ2v) is 2.08. The van der Waals surface area contributed by atoms with E-state index < -0.39 is 0 Å². The van der Waals surface area contributed by atoms with E-state index in [1.807, 2.05) is 19.1 Å². The fourth-order valence-electron chi connectivity index (χ4n) is 0.756. The molecule has 0 aromatic heterocycles. The number of aliphatic hydroxyl groups excluding tert-OH is 1. The summed E-state index contributed by atoms with van der Waals surface area (Å²) >= 11 is 0. The zero-order valence-electron chi connectivity index (χ0n) is 4.96. The van der Waals surface area contributed by atoms with Crippen LogP contribution in [-0.4, -0.2) is 5.11 Å². The van der Waals surface area contributed by atoms with Crippen LogP contribution in [0.3, 0.4) is 0 Å². The quantitative estimate of drug-likeness (QED) is 0.473. The van der Waals surface area contributed by atoms with Crippen LogP contribution in [-0.2, 0) is 0 Å². The molecule has 1 heteroatoms. The standard InChI is InChI=1S/C7H10O/c1-6-4-2-3-5-7(6)8/h2,4-6,8H,3H2,1H3. The minimum absolute atomic E-state index is 0.240. The van der Waals surface area contributed by atoms with Crippen LogP contribution in [0.5, 0.6) is 0 Å². The Morgan fingerprint density at radius 3 is 2.88 bits per heavy atom. The summed E-state index contributed by atoms with van der Waals surface area (Å²) in [6.45, 7) is 1.97. The second-order valence-electron chi connectivity index (χ2n) is 2.08. The van der Waals surface area contributed by atoms with E-state index in [0.29, 0.717) is 5.76 Å². The van der Waals surface area contributed by atoms with Crippen LogP contribution in [0.25, 0.3) is 0 Å². The van der Waals surface area contributed by atoms with E-state index in [4.69, 9.17) is 5.11 Å². The highest BCUT2D eigenvalue weighted by molar-refractivity contribution is 5.12. The van der Waals surface area contributed by atoms with Gasteiger partial charge in [0.25, 0.3) is 0 Å². The van der Waals surface area contributed by atoms with Crippen molar-refractivity contribution in [3.05, 3.63) is 24.0 Å². The first-order chi connectivity index (χ1) is 3.80. The van der Waals surface area contributed by atoms with Crippen molar-refractivity contribution in [1.82, 2.24) is 0 Å². The van der Waals surface area contributed by atoms with Gasteiger partial charge in [-0.05, 0) is 12.5 Å². The molecule has 0 saturated carbocycles. The average Bonchev–Trinajstić information content (AvgIpc) is 1.77. The van der Waals surface area contributed by atoms with E-state index in [9.17, 15) is 0 Å². The van der Waals surface area contributed by atoms with Gasteiger partial charge in [0.05, 0.1) is 5.76 Å². The van der Waals surface area contributed by atoms with Gasteiger partial charge in [-0.2, -0.15) is 0 Å². The lowest BCUT2D eigenvalue weighted by atomic mass is 10.0. The van der Waals surface area contributed by atoms with E-state index >= 15 is 0 Å². The molecule has 1 aliphatic carbocycles. The highest BCUT2D eigenvalue weighted by atomic mass is 16.3. The Balaban J connectivity index is 2.63. The summed E-state index contributed by atoms with van der Waals surface area (Å²) in [6.07, 6.45) is 6.79. The van der Waals surface area contributed by atoms with Crippen LogP contribution in [0.1, 0.15) is 13.3 Å². The first-order valence-corrected chi connectivity index (χ1v) is 2.86. The molecule has 1 N–H and O–H groups in total. The highest BCUT2D eigenvalue weighted by Gasteiger charge is 2.03.